The molecular formula is C18H26BrF3O2. The number of Topliss-reactive ketones (excluding diaryl/α,β-unsaturated/α-hetero) is 1. The molecule has 0 bridgehead atoms. The Kier molecular flexibility index (Phi) is 13.6. The maximum absolute atomic E-state index is 12.2. The lowest BCUT2D eigenvalue weighted by molar-refractivity contribution is -0.153. The minimum atomic E-state index is -4.34. The van der Waals surface area contributed by atoms with E-state index in [1.807, 2.05) is 39.8 Å². The van der Waals surface area contributed by atoms with Gasteiger partial charge in [-0.2, -0.15) is 13.2 Å². The van der Waals surface area contributed by atoms with Crippen molar-refractivity contribution in [2.45, 2.75) is 54.1 Å². The molecule has 1 aromatic carbocycles. The molecule has 0 saturated carbocycles. The number of ether oxygens (including phenoxy) is 1. The van der Waals surface area contributed by atoms with Crippen LogP contribution in [0.1, 0.15) is 52.2 Å². The number of benzene rings is 1. The second-order valence-electron chi connectivity index (χ2n) is 4.73. The summed E-state index contributed by atoms with van der Waals surface area (Å²) < 4.78 is 42.0. The van der Waals surface area contributed by atoms with Gasteiger partial charge in [0.15, 0.2) is 6.61 Å². The largest absolute Gasteiger partial charge is 0.482 e. The summed E-state index contributed by atoms with van der Waals surface area (Å²) in [4.78, 5) is 9.44. The molecule has 0 radical (unpaired) electrons. The van der Waals surface area contributed by atoms with Gasteiger partial charge < -0.3 is 9.53 Å². The van der Waals surface area contributed by atoms with Gasteiger partial charge >= 0.3 is 6.18 Å². The number of carbonyl (C=O) groups is 1. The highest BCUT2D eigenvalue weighted by atomic mass is 79.9. The van der Waals surface area contributed by atoms with Gasteiger partial charge in [0.1, 0.15) is 11.5 Å². The smallest absolute Gasteiger partial charge is 0.422 e. The number of halogens is 4. The van der Waals surface area contributed by atoms with Crippen LogP contribution in [0.5, 0.6) is 5.75 Å². The van der Waals surface area contributed by atoms with E-state index in [0.717, 1.165) is 12.0 Å². The van der Waals surface area contributed by atoms with E-state index in [-0.39, 0.29) is 11.5 Å². The second-order valence-corrected chi connectivity index (χ2v) is 5.58. The highest BCUT2D eigenvalue weighted by Gasteiger charge is 2.29. The first-order valence-electron chi connectivity index (χ1n) is 7.70. The van der Waals surface area contributed by atoms with Gasteiger partial charge in [-0.05, 0) is 54.8 Å². The summed E-state index contributed by atoms with van der Waals surface area (Å²) in [5.74, 6) is 0.400. The van der Waals surface area contributed by atoms with Gasteiger partial charge in [-0.1, -0.05) is 39.0 Å². The lowest BCUT2D eigenvalue weighted by Crippen LogP contribution is -2.19. The molecule has 6 heteroatoms. The van der Waals surface area contributed by atoms with Crippen molar-refractivity contribution in [3.05, 3.63) is 33.8 Å². The molecule has 0 aliphatic rings. The summed E-state index contributed by atoms with van der Waals surface area (Å²) in [6.45, 7) is 9.56. The third kappa shape index (κ3) is 12.2. The Bertz CT molecular complexity index is 520. The van der Waals surface area contributed by atoms with Crippen LogP contribution in [0.2, 0.25) is 0 Å². The van der Waals surface area contributed by atoms with Crippen molar-refractivity contribution in [2.24, 2.45) is 0 Å². The highest BCUT2D eigenvalue weighted by molar-refractivity contribution is 9.10. The van der Waals surface area contributed by atoms with Crippen molar-refractivity contribution in [1.82, 2.24) is 0 Å². The van der Waals surface area contributed by atoms with Crippen LogP contribution in [0.3, 0.4) is 0 Å². The van der Waals surface area contributed by atoms with Gasteiger partial charge in [0.25, 0.3) is 0 Å². The normalized spacial score (nSPS) is 10.4. The van der Waals surface area contributed by atoms with Crippen LogP contribution in [-0.2, 0) is 4.79 Å². The summed E-state index contributed by atoms with van der Waals surface area (Å²) in [6, 6.07) is 3.52. The summed E-state index contributed by atoms with van der Waals surface area (Å²) >= 11 is 3.21. The van der Waals surface area contributed by atoms with E-state index >= 15 is 0 Å². The quantitative estimate of drug-likeness (QED) is 0.548. The molecule has 0 aliphatic heterocycles. The van der Waals surface area contributed by atoms with Gasteiger partial charge in [-0.3, -0.25) is 0 Å². The molecule has 0 heterocycles. The van der Waals surface area contributed by atoms with Gasteiger partial charge in [-0.15, -0.1) is 0 Å². The van der Waals surface area contributed by atoms with Crippen LogP contribution >= 0.6 is 15.9 Å². The van der Waals surface area contributed by atoms with Crippen molar-refractivity contribution in [3.8, 4) is 5.75 Å². The number of hydrogen-bond donors (Lipinski definition) is 0. The first kappa shape index (κ1) is 24.9. The van der Waals surface area contributed by atoms with Crippen LogP contribution in [-0.4, -0.2) is 18.6 Å². The lowest BCUT2D eigenvalue weighted by Gasteiger charge is -2.14. The Hall–Kier alpha value is -1.30. The zero-order valence-electron chi connectivity index (χ0n) is 15.1. The first-order valence-corrected chi connectivity index (χ1v) is 8.50. The predicted molar refractivity (Wildman–Crippen MR) is 97.5 cm³/mol. The summed E-state index contributed by atoms with van der Waals surface area (Å²) in [5, 5.41) is 0. The minimum Gasteiger partial charge on any atom is -0.482 e. The van der Waals surface area contributed by atoms with Crippen LogP contribution < -0.4 is 4.74 Å². The molecule has 138 valence electrons. The molecule has 0 aliphatic carbocycles. The average molecular weight is 411 g/mol. The van der Waals surface area contributed by atoms with Crippen molar-refractivity contribution >= 4 is 27.8 Å². The van der Waals surface area contributed by atoms with E-state index in [9.17, 15) is 18.0 Å². The second kappa shape index (κ2) is 13.0. The monoisotopic (exact) mass is 410 g/mol. The Labute approximate surface area is 151 Å². The Morgan fingerprint density at radius 1 is 1.25 bits per heavy atom. The summed E-state index contributed by atoms with van der Waals surface area (Å²) in [6.07, 6.45) is 0.139. The van der Waals surface area contributed by atoms with Crippen LogP contribution in [0, 0.1) is 6.92 Å². The summed E-state index contributed by atoms with van der Waals surface area (Å²) in [7, 11) is 0. The Morgan fingerprint density at radius 3 is 2.17 bits per heavy atom. The fourth-order valence-corrected chi connectivity index (χ4v) is 1.88. The van der Waals surface area contributed by atoms with Gasteiger partial charge in [0, 0.05) is 5.56 Å². The minimum absolute atomic E-state index is 0.167. The van der Waals surface area contributed by atoms with E-state index < -0.39 is 12.8 Å². The number of ketones is 1. The van der Waals surface area contributed by atoms with Crippen molar-refractivity contribution < 1.29 is 22.7 Å². The molecule has 0 amide bonds. The molecule has 0 saturated heterocycles. The van der Waals surface area contributed by atoms with Gasteiger partial charge in [-0.25, -0.2) is 0 Å². The van der Waals surface area contributed by atoms with Crippen LogP contribution in [0.4, 0.5) is 13.2 Å². The Morgan fingerprint density at radius 2 is 1.75 bits per heavy atom. The molecule has 0 spiro atoms. The zero-order chi connectivity index (χ0) is 19.3. The zero-order valence-corrected chi connectivity index (χ0v) is 16.6. The molecule has 0 unspecified atom stereocenters. The number of hydrogen-bond acceptors (Lipinski definition) is 2. The predicted octanol–water partition coefficient (Wildman–Crippen LogP) is 6.74. The fourth-order valence-electron chi connectivity index (χ4n) is 1.41. The van der Waals surface area contributed by atoms with Crippen LogP contribution in [0.25, 0.3) is 6.08 Å². The molecule has 0 aromatic heterocycles. The molecule has 1 rings (SSSR count). The molecular weight excluding hydrogens is 385 g/mol. The molecule has 2 nitrogen and oxygen atoms in total. The van der Waals surface area contributed by atoms with Gasteiger partial charge in [0.05, 0.1) is 4.47 Å². The van der Waals surface area contributed by atoms with Crippen molar-refractivity contribution in [2.75, 3.05) is 6.61 Å². The number of rotatable bonds is 4. The van der Waals surface area contributed by atoms with E-state index in [1.165, 1.54) is 13.8 Å². The van der Waals surface area contributed by atoms with E-state index in [0.29, 0.717) is 10.0 Å². The highest BCUT2D eigenvalue weighted by Crippen LogP contribution is 2.33. The number of carbonyl (C=O) groups excluding carboxylic acids is 1. The molecule has 0 atom stereocenters. The molecule has 0 N–H and O–H groups in total. The number of aryl methyl sites for hydroxylation is 1. The third-order valence-corrected chi connectivity index (χ3v) is 2.89. The fraction of sp³-hybridized carbons (Fsp3) is 0.500. The van der Waals surface area contributed by atoms with E-state index in [2.05, 4.69) is 15.9 Å². The van der Waals surface area contributed by atoms with Crippen molar-refractivity contribution in [3.63, 3.8) is 0 Å². The van der Waals surface area contributed by atoms with Crippen molar-refractivity contribution in [1.29, 1.82) is 0 Å². The van der Waals surface area contributed by atoms with Crippen LogP contribution in [0.15, 0.2) is 22.7 Å². The summed E-state index contributed by atoms with van der Waals surface area (Å²) in [5.41, 5.74) is 1.55. The standard InChI is InChI=1S/C13H14BrF3O.C3H6O.C2H6/c1-3-4-5-10-9(2)6-7-11(14)12(10)18-8-13(15,16)17;1-3(2)4;1-2/h4-7H,3,8H2,1-2H3;1-2H3;1-2H3/b5-4+;;. The SMILES string of the molecule is CC.CC(C)=O.CC/C=C/c1c(C)ccc(Br)c1OCC(F)(F)F. The topological polar surface area (TPSA) is 26.3 Å². The van der Waals surface area contributed by atoms with Gasteiger partial charge in [0.2, 0.25) is 0 Å². The third-order valence-electron chi connectivity index (χ3n) is 2.27. The lowest BCUT2D eigenvalue weighted by atomic mass is 10.1. The maximum atomic E-state index is 12.2. The molecule has 24 heavy (non-hydrogen) atoms. The number of alkyl halides is 3. The average Bonchev–Trinajstić information content (AvgIpc) is 2.47. The molecule has 1 aromatic rings. The first-order chi connectivity index (χ1) is 11.1. The Balaban J connectivity index is 0. The maximum Gasteiger partial charge on any atom is 0.422 e. The molecule has 0 fully saturated rings. The van der Waals surface area contributed by atoms with E-state index in [4.69, 9.17) is 4.74 Å². The number of allylic oxidation sites excluding steroid dienone is 1. The van der Waals surface area contributed by atoms with E-state index in [1.54, 1.807) is 12.1 Å².